The monoisotopic (exact) mass is 358 g/mol. The maximum atomic E-state index is 13.6. The van der Waals surface area contributed by atoms with E-state index in [1.165, 1.54) is 23.5 Å². The van der Waals surface area contributed by atoms with Gasteiger partial charge in [0.25, 0.3) is 0 Å². The Hall–Kier alpha value is -1.44. The molecule has 0 aliphatic carbocycles. The first-order valence-electron chi connectivity index (χ1n) is 6.42. The lowest BCUT2D eigenvalue weighted by Gasteiger charge is -2.19. The minimum absolute atomic E-state index is 0.0251. The maximum Gasteiger partial charge on any atom is 0.247 e. The summed E-state index contributed by atoms with van der Waals surface area (Å²) >= 11 is 7.15. The van der Waals surface area contributed by atoms with E-state index in [0.29, 0.717) is 17.7 Å². The first-order chi connectivity index (χ1) is 10.4. The quantitative estimate of drug-likeness (QED) is 0.840. The van der Waals surface area contributed by atoms with Gasteiger partial charge in [0.15, 0.2) is 0 Å². The molecule has 116 valence electrons. The summed E-state index contributed by atoms with van der Waals surface area (Å²) in [6.07, 6.45) is 1.51. The van der Waals surface area contributed by atoms with Crippen LogP contribution in [-0.2, 0) is 10.0 Å². The van der Waals surface area contributed by atoms with Gasteiger partial charge in [0, 0.05) is 16.9 Å². The molecule has 0 radical (unpaired) electrons. The maximum absolute atomic E-state index is 13.6. The van der Waals surface area contributed by atoms with Gasteiger partial charge in [-0.1, -0.05) is 23.7 Å². The van der Waals surface area contributed by atoms with Gasteiger partial charge in [0.1, 0.15) is 11.9 Å². The summed E-state index contributed by atoms with van der Waals surface area (Å²) < 4.78 is 38.6. The number of sulfonamides is 1. The smallest absolute Gasteiger partial charge is 0.205 e. The standard InChI is InChI=1S/C14H12ClFN2O2S2/c1-22(19,20)18-13(14-3-2-6-21-14)8-12(17-18)9-4-5-10(15)11(16)7-9/h2-7,13H,8H2,1H3/t13-/m0/s1. The van der Waals surface area contributed by atoms with Crippen LogP contribution in [0.15, 0.2) is 40.8 Å². The van der Waals surface area contributed by atoms with E-state index in [9.17, 15) is 12.8 Å². The fraction of sp³-hybridized carbons (Fsp3) is 0.214. The molecule has 0 unspecified atom stereocenters. The molecule has 3 rings (SSSR count). The van der Waals surface area contributed by atoms with Crippen LogP contribution in [0.5, 0.6) is 0 Å². The van der Waals surface area contributed by atoms with Crippen LogP contribution in [0.4, 0.5) is 4.39 Å². The molecule has 22 heavy (non-hydrogen) atoms. The highest BCUT2D eigenvalue weighted by Crippen LogP contribution is 2.36. The van der Waals surface area contributed by atoms with Crippen molar-refractivity contribution in [3.05, 3.63) is 57.0 Å². The fourth-order valence-corrected chi connectivity index (χ4v) is 4.23. The minimum Gasteiger partial charge on any atom is -0.205 e. The predicted molar refractivity (Wildman–Crippen MR) is 86.3 cm³/mol. The van der Waals surface area contributed by atoms with E-state index >= 15 is 0 Å². The molecule has 1 aromatic heterocycles. The van der Waals surface area contributed by atoms with Gasteiger partial charge in [0.2, 0.25) is 10.0 Å². The molecule has 1 atom stereocenters. The van der Waals surface area contributed by atoms with E-state index in [1.807, 2.05) is 17.5 Å². The van der Waals surface area contributed by atoms with E-state index in [2.05, 4.69) is 5.10 Å². The van der Waals surface area contributed by atoms with Crippen LogP contribution in [0.3, 0.4) is 0 Å². The number of thiophene rings is 1. The third-order valence-electron chi connectivity index (χ3n) is 3.34. The lowest BCUT2D eigenvalue weighted by atomic mass is 10.0. The highest BCUT2D eigenvalue weighted by Gasteiger charge is 2.35. The second kappa shape index (κ2) is 5.64. The molecule has 0 saturated heterocycles. The summed E-state index contributed by atoms with van der Waals surface area (Å²) in [7, 11) is -3.50. The van der Waals surface area contributed by atoms with Gasteiger partial charge in [-0.2, -0.15) is 9.52 Å². The molecule has 1 aliphatic heterocycles. The van der Waals surface area contributed by atoms with Crippen molar-refractivity contribution in [1.29, 1.82) is 0 Å². The van der Waals surface area contributed by atoms with Crippen molar-refractivity contribution in [1.82, 2.24) is 4.41 Å². The Morgan fingerprint density at radius 3 is 2.77 bits per heavy atom. The number of hydrogen-bond donors (Lipinski definition) is 0. The largest absolute Gasteiger partial charge is 0.247 e. The second-order valence-electron chi connectivity index (χ2n) is 4.95. The zero-order valence-corrected chi connectivity index (χ0v) is 13.9. The van der Waals surface area contributed by atoms with E-state index in [1.54, 1.807) is 6.07 Å². The van der Waals surface area contributed by atoms with Crippen molar-refractivity contribution in [2.75, 3.05) is 6.26 Å². The molecular formula is C14H12ClFN2O2S2. The van der Waals surface area contributed by atoms with Crippen molar-refractivity contribution in [2.24, 2.45) is 5.10 Å². The highest BCUT2D eigenvalue weighted by molar-refractivity contribution is 7.88. The normalized spacial score (nSPS) is 18.6. The predicted octanol–water partition coefficient (Wildman–Crippen LogP) is 3.65. The molecule has 0 spiro atoms. The molecule has 4 nitrogen and oxygen atoms in total. The molecule has 8 heteroatoms. The topological polar surface area (TPSA) is 49.7 Å². The van der Waals surface area contributed by atoms with E-state index in [-0.39, 0.29) is 11.1 Å². The van der Waals surface area contributed by atoms with Crippen LogP contribution in [0.2, 0.25) is 5.02 Å². The third kappa shape index (κ3) is 2.88. The molecule has 0 amide bonds. The number of rotatable bonds is 3. The van der Waals surface area contributed by atoms with Crippen LogP contribution >= 0.6 is 22.9 Å². The van der Waals surface area contributed by atoms with Gasteiger partial charge in [-0.15, -0.1) is 11.3 Å². The minimum atomic E-state index is -3.50. The van der Waals surface area contributed by atoms with Crippen LogP contribution < -0.4 is 0 Å². The van der Waals surface area contributed by atoms with Crippen molar-refractivity contribution in [3.8, 4) is 0 Å². The van der Waals surface area contributed by atoms with Crippen molar-refractivity contribution < 1.29 is 12.8 Å². The summed E-state index contributed by atoms with van der Waals surface area (Å²) in [5, 5.41) is 6.11. The van der Waals surface area contributed by atoms with Gasteiger partial charge in [-0.05, 0) is 23.6 Å². The zero-order valence-electron chi connectivity index (χ0n) is 11.5. The number of benzene rings is 1. The highest BCUT2D eigenvalue weighted by atomic mass is 35.5. The van der Waals surface area contributed by atoms with Crippen LogP contribution in [0.1, 0.15) is 22.9 Å². The van der Waals surface area contributed by atoms with Crippen LogP contribution in [-0.4, -0.2) is 24.8 Å². The van der Waals surface area contributed by atoms with Crippen LogP contribution in [0.25, 0.3) is 0 Å². The summed E-state index contributed by atoms with van der Waals surface area (Å²) in [6.45, 7) is 0. The van der Waals surface area contributed by atoms with E-state index < -0.39 is 15.8 Å². The van der Waals surface area contributed by atoms with E-state index in [4.69, 9.17) is 11.6 Å². The van der Waals surface area contributed by atoms with Crippen molar-refractivity contribution in [2.45, 2.75) is 12.5 Å². The van der Waals surface area contributed by atoms with Crippen LogP contribution in [0, 0.1) is 5.82 Å². The van der Waals surface area contributed by atoms with Gasteiger partial charge >= 0.3 is 0 Å². The molecule has 0 fully saturated rings. The lowest BCUT2D eigenvalue weighted by Crippen LogP contribution is -2.25. The molecule has 0 bridgehead atoms. The number of hydrazone groups is 1. The molecular weight excluding hydrogens is 347 g/mol. The Bertz CT molecular complexity index is 835. The second-order valence-corrected chi connectivity index (χ2v) is 8.17. The van der Waals surface area contributed by atoms with Gasteiger partial charge < -0.3 is 0 Å². The number of nitrogens with zero attached hydrogens (tertiary/aromatic N) is 2. The van der Waals surface area contributed by atoms with E-state index in [0.717, 1.165) is 15.5 Å². The average Bonchev–Trinajstić information content (AvgIpc) is 3.08. The molecule has 1 aliphatic rings. The van der Waals surface area contributed by atoms with Gasteiger partial charge in [-0.3, -0.25) is 0 Å². The lowest BCUT2D eigenvalue weighted by molar-refractivity contribution is 0.379. The summed E-state index contributed by atoms with van der Waals surface area (Å²) in [6, 6.07) is 7.70. The van der Waals surface area contributed by atoms with Gasteiger partial charge in [0.05, 0.1) is 17.0 Å². The molecule has 1 aromatic carbocycles. The average molecular weight is 359 g/mol. The Morgan fingerprint density at radius 2 is 2.18 bits per heavy atom. The summed E-state index contributed by atoms with van der Waals surface area (Å²) in [5.74, 6) is -0.549. The molecule has 0 N–H and O–H groups in total. The van der Waals surface area contributed by atoms with Crippen molar-refractivity contribution >= 4 is 38.7 Å². The Kier molecular flexibility index (Phi) is 3.96. The zero-order chi connectivity index (χ0) is 15.9. The number of halogens is 2. The molecule has 2 heterocycles. The first kappa shape index (κ1) is 15.5. The SMILES string of the molecule is CS(=O)(=O)N1N=C(c2ccc(Cl)c(F)c2)C[C@H]1c1cccs1. The Morgan fingerprint density at radius 1 is 1.41 bits per heavy atom. The van der Waals surface area contributed by atoms with Gasteiger partial charge in [-0.25, -0.2) is 12.8 Å². The van der Waals surface area contributed by atoms with Crippen molar-refractivity contribution in [3.63, 3.8) is 0 Å². The fourth-order valence-electron chi connectivity index (χ4n) is 2.34. The summed E-state index contributed by atoms with van der Waals surface area (Å²) in [4.78, 5) is 0.901. The molecule has 2 aromatic rings. The summed E-state index contributed by atoms with van der Waals surface area (Å²) in [5.41, 5.74) is 1.06. The molecule has 0 saturated carbocycles. The first-order valence-corrected chi connectivity index (χ1v) is 9.52. The Labute approximate surface area is 136 Å². The third-order valence-corrected chi connectivity index (χ3v) is 5.63. The Balaban J connectivity index is 2.01. The number of hydrogen-bond acceptors (Lipinski definition) is 4.